The second-order valence-corrected chi connectivity index (χ2v) is 6.75. The lowest BCUT2D eigenvalue weighted by Crippen LogP contribution is -2.13. The van der Waals surface area contributed by atoms with Gasteiger partial charge in [-0.1, -0.05) is 35.0 Å². The van der Waals surface area contributed by atoms with Crippen molar-refractivity contribution in [1.82, 2.24) is 24.8 Å². The lowest BCUT2D eigenvalue weighted by atomic mass is 10.2. The van der Waals surface area contributed by atoms with Crippen molar-refractivity contribution >= 4 is 23.2 Å². The summed E-state index contributed by atoms with van der Waals surface area (Å²) in [6.07, 6.45) is 1.54. The maximum atomic E-state index is 12.6. The molecular formula is C20H17ClN6O. The predicted molar refractivity (Wildman–Crippen MR) is 107 cm³/mol. The Hall–Kier alpha value is -3.45. The molecule has 8 heteroatoms. The van der Waals surface area contributed by atoms with E-state index < -0.39 is 0 Å². The highest BCUT2D eigenvalue weighted by Crippen LogP contribution is 2.20. The smallest absolute Gasteiger partial charge is 0.277 e. The fourth-order valence-corrected chi connectivity index (χ4v) is 3.15. The Morgan fingerprint density at radius 2 is 1.89 bits per heavy atom. The van der Waals surface area contributed by atoms with Gasteiger partial charge < -0.3 is 5.32 Å². The zero-order chi connectivity index (χ0) is 19.7. The quantitative estimate of drug-likeness (QED) is 0.570. The maximum Gasteiger partial charge on any atom is 0.277 e. The molecule has 140 valence electrons. The number of anilines is 1. The summed E-state index contributed by atoms with van der Waals surface area (Å²) in [4.78, 5) is 12.6. The van der Waals surface area contributed by atoms with Crippen LogP contribution in [-0.2, 0) is 0 Å². The highest BCUT2D eigenvalue weighted by Gasteiger charge is 2.14. The molecule has 2 aromatic heterocycles. The van der Waals surface area contributed by atoms with Crippen molar-refractivity contribution in [2.24, 2.45) is 0 Å². The van der Waals surface area contributed by atoms with Gasteiger partial charge in [0.25, 0.3) is 5.91 Å². The zero-order valence-electron chi connectivity index (χ0n) is 15.3. The van der Waals surface area contributed by atoms with E-state index in [1.165, 1.54) is 4.68 Å². The number of amides is 1. The van der Waals surface area contributed by atoms with Crippen LogP contribution < -0.4 is 5.32 Å². The van der Waals surface area contributed by atoms with Crippen molar-refractivity contribution in [3.05, 3.63) is 82.9 Å². The van der Waals surface area contributed by atoms with Gasteiger partial charge in [-0.05, 0) is 50.2 Å². The lowest BCUT2D eigenvalue weighted by Gasteiger charge is -2.08. The summed E-state index contributed by atoms with van der Waals surface area (Å²) >= 11 is 6.17. The first-order valence-electron chi connectivity index (χ1n) is 8.63. The summed E-state index contributed by atoms with van der Waals surface area (Å²) in [6.45, 7) is 3.93. The van der Waals surface area contributed by atoms with Crippen molar-refractivity contribution in [2.75, 3.05) is 5.32 Å². The van der Waals surface area contributed by atoms with Gasteiger partial charge in [-0.25, -0.2) is 9.36 Å². The molecule has 0 spiro atoms. The Bertz CT molecular complexity index is 1160. The summed E-state index contributed by atoms with van der Waals surface area (Å²) in [5, 5.41) is 15.8. The van der Waals surface area contributed by atoms with E-state index >= 15 is 0 Å². The van der Waals surface area contributed by atoms with E-state index in [0.29, 0.717) is 16.4 Å². The topological polar surface area (TPSA) is 77.6 Å². The molecule has 1 amide bonds. The minimum atomic E-state index is -0.358. The minimum absolute atomic E-state index is 0.191. The molecule has 0 aliphatic rings. The molecule has 0 saturated carbocycles. The van der Waals surface area contributed by atoms with Crippen LogP contribution in [0.1, 0.15) is 21.9 Å². The summed E-state index contributed by atoms with van der Waals surface area (Å²) in [5.74, 6) is -0.358. The number of nitrogens with one attached hydrogen (secondary N) is 1. The zero-order valence-corrected chi connectivity index (χ0v) is 16.1. The molecule has 2 aromatic carbocycles. The van der Waals surface area contributed by atoms with Gasteiger partial charge >= 0.3 is 0 Å². The van der Waals surface area contributed by atoms with Crippen molar-refractivity contribution in [3.63, 3.8) is 0 Å². The third-order valence-electron chi connectivity index (χ3n) is 4.18. The van der Waals surface area contributed by atoms with E-state index in [-0.39, 0.29) is 11.6 Å². The first-order chi connectivity index (χ1) is 13.5. The number of hydrogen-bond donors (Lipinski definition) is 1. The number of carbonyl (C=O) groups excluding carboxylic acids is 1. The average molecular weight is 393 g/mol. The molecule has 0 radical (unpaired) electrons. The number of carbonyl (C=O) groups is 1. The van der Waals surface area contributed by atoms with E-state index in [0.717, 1.165) is 17.1 Å². The van der Waals surface area contributed by atoms with E-state index in [1.54, 1.807) is 18.3 Å². The molecule has 4 aromatic rings. The maximum absolute atomic E-state index is 12.6. The van der Waals surface area contributed by atoms with Crippen LogP contribution in [0, 0.1) is 13.8 Å². The van der Waals surface area contributed by atoms with Gasteiger partial charge in [0, 0.05) is 11.4 Å². The standard InChI is InChI=1S/C20H17ClN6O/c1-13-10-14(2)27(24-13)16-7-5-6-15(11-16)22-20(28)18-12-26(25-23-18)19-9-4-3-8-17(19)21/h3-12H,1-2H3,(H,22,28). The predicted octanol–water partition coefficient (Wildman–Crippen LogP) is 3.98. The Balaban J connectivity index is 1.56. The molecule has 7 nitrogen and oxygen atoms in total. The van der Waals surface area contributed by atoms with Crippen molar-refractivity contribution < 1.29 is 4.79 Å². The Labute approximate surface area is 166 Å². The first-order valence-corrected chi connectivity index (χ1v) is 9.01. The van der Waals surface area contributed by atoms with Crippen LogP contribution in [0.25, 0.3) is 11.4 Å². The number of halogens is 1. The molecule has 28 heavy (non-hydrogen) atoms. The number of hydrogen-bond acceptors (Lipinski definition) is 4. The second kappa shape index (κ2) is 7.28. The monoisotopic (exact) mass is 392 g/mol. The highest BCUT2D eigenvalue weighted by molar-refractivity contribution is 6.32. The lowest BCUT2D eigenvalue weighted by molar-refractivity contribution is 0.102. The Morgan fingerprint density at radius 1 is 1.07 bits per heavy atom. The summed E-state index contributed by atoms with van der Waals surface area (Å²) < 4.78 is 3.31. The van der Waals surface area contributed by atoms with E-state index in [4.69, 9.17) is 11.6 Å². The SMILES string of the molecule is Cc1cc(C)n(-c2cccc(NC(=O)c3cn(-c4ccccc4Cl)nn3)c2)n1. The number of aryl methyl sites for hydroxylation is 2. The molecule has 0 aliphatic heterocycles. The molecule has 0 unspecified atom stereocenters. The number of nitrogens with zero attached hydrogens (tertiary/aromatic N) is 5. The van der Waals surface area contributed by atoms with E-state index in [1.807, 2.05) is 61.0 Å². The van der Waals surface area contributed by atoms with Gasteiger partial charge in [-0.2, -0.15) is 5.10 Å². The highest BCUT2D eigenvalue weighted by atomic mass is 35.5. The van der Waals surface area contributed by atoms with Gasteiger partial charge in [-0.3, -0.25) is 4.79 Å². The third-order valence-corrected chi connectivity index (χ3v) is 4.50. The fourth-order valence-electron chi connectivity index (χ4n) is 2.92. The van der Waals surface area contributed by atoms with Gasteiger partial charge in [0.2, 0.25) is 0 Å². The molecule has 2 heterocycles. The average Bonchev–Trinajstić information content (AvgIpc) is 3.29. The number of benzene rings is 2. The first kappa shape index (κ1) is 17.9. The van der Waals surface area contributed by atoms with Crippen molar-refractivity contribution in [2.45, 2.75) is 13.8 Å². The van der Waals surface area contributed by atoms with Crippen LogP contribution in [0.15, 0.2) is 60.8 Å². The van der Waals surface area contributed by atoms with Crippen LogP contribution >= 0.6 is 11.6 Å². The van der Waals surface area contributed by atoms with Crippen LogP contribution in [0.3, 0.4) is 0 Å². The van der Waals surface area contributed by atoms with Gasteiger partial charge in [0.15, 0.2) is 5.69 Å². The van der Waals surface area contributed by atoms with Crippen LogP contribution in [0.4, 0.5) is 5.69 Å². The molecule has 0 aliphatic carbocycles. The van der Waals surface area contributed by atoms with Crippen molar-refractivity contribution in [1.29, 1.82) is 0 Å². The largest absolute Gasteiger partial charge is 0.320 e. The molecule has 4 rings (SSSR count). The van der Waals surface area contributed by atoms with Crippen LogP contribution in [-0.4, -0.2) is 30.7 Å². The molecule has 0 fully saturated rings. The summed E-state index contributed by atoms with van der Waals surface area (Å²) in [6, 6.07) is 16.7. The number of para-hydroxylation sites is 1. The Kier molecular flexibility index (Phi) is 4.67. The third kappa shape index (κ3) is 3.52. The van der Waals surface area contributed by atoms with Crippen LogP contribution in [0.2, 0.25) is 5.02 Å². The molecule has 1 N–H and O–H groups in total. The molecule has 0 atom stereocenters. The second-order valence-electron chi connectivity index (χ2n) is 6.34. The number of rotatable bonds is 4. The summed E-state index contributed by atoms with van der Waals surface area (Å²) in [5.41, 5.74) is 4.30. The minimum Gasteiger partial charge on any atom is -0.320 e. The normalized spacial score (nSPS) is 10.8. The summed E-state index contributed by atoms with van der Waals surface area (Å²) in [7, 11) is 0. The molecular weight excluding hydrogens is 376 g/mol. The van der Waals surface area contributed by atoms with Gasteiger partial charge in [-0.15, -0.1) is 5.10 Å². The van der Waals surface area contributed by atoms with Gasteiger partial charge in [0.1, 0.15) is 0 Å². The van der Waals surface area contributed by atoms with E-state index in [2.05, 4.69) is 20.7 Å². The van der Waals surface area contributed by atoms with Gasteiger partial charge in [0.05, 0.1) is 28.3 Å². The number of aromatic nitrogens is 5. The van der Waals surface area contributed by atoms with Crippen molar-refractivity contribution in [3.8, 4) is 11.4 Å². The fraction of sp³-hybridized carbons (Fsp3) is 0.100. The molecule has 0 saturated heterocycles. The Morgan fingerprint density at radius 3 is 2.64 bits per heavy atom. The van der Waals surface area contributed by atoms with E-state index in [9.17, 15) is 4.79 Å². The molecule has 0 bridgehead atoms. The van der Waals surface area contributed by atoms with Crippen LogP contribution in [0.5, 0.6) is 0 Å².